The molecule has 2 aromatic heterocycles. The van der Waals surface area contributed by atoms with E-state index in [4.69, 9.17) is 0 Å². The first-order valence-corrected chi connectivity index (χ1v) is 11.2. The summed E-state index contributed by atoms with van der Waals surface area (Å²) in [6, 6.07) is 13.0. The molecule has 0 aliphatic carbocycles. The van der Waals surface area contributed by atoms with E-state index in [0.717, 1.165) is 21.6 Å². The largest absolute Gasteiger partial charge is 0.297 e. The Bertz CT molecular complexity index is 1450. The first-order valence-electron chi connectivity index (χ1n) is 10.4. The number of fused-ring (bicyclic) bond motifs is 2. The Morgan fingerprint density at radius 2 is 1.56 bits per heavy atom. The molecular formula is C25H21N3O3S. The fourth-order valence-electron chi connectivity index (χ4n) is 4.19. The number of hydrogen-bond acceptors (Lipinski definition) is 5. The second kappa shape index (κ2) is 7.53. The zero-order valence-corrected chi connectivity index (χ0v) is 18.8. The monoisotopic (exact) mass is 443 g/mol. The number of thiophene rings is 1. The minimum absolute atomic E-state index is 0.113. The molecule has 0 spiro atoms. The lowest BCUT2D eigenvalue weighted by Gasteiger charge is -2.14. The van der Waals surface area contributed by atoms with E-state index in [9.17, 15) is 14.4 Å². The molecule has 0 unspecified atom stereocenters. The molecule has 0 atom stereocenters. The Morgan fingerprint density at radius 3 is 2.22 bits per heavy atom. The molecule has 160 valence electrons. The van der Waals surface area contributed by atoms with Gasteiger partial charge in [0.1, 0.15) is 4.83 Å². The lowest BCUT2D eigenvalue weighted by molar-refractivity contribution is 0.0648. The Hall–Kier alpha value is -3.58. The number of rotatable bonds is 4. The minimum atomic E-state index is -0.324. The predicted molar refractivity (Wildman–Crippen MR) is 125 cm³/mol. The maximum absolute atomic E-state index is 13.4. The summed E-state index contributed by atoms with van der Waals surface area (Å²) < 4.78 is 1.49. The number of aromatic nitrogens is 2. The molecule has 0 saturated heterocycles. The van der Waals surface area contributed by atoms with Gasteiger partial charge in [-0.3, -0.25) is 23.9 Å². The summed E-state index contributed by atoms with van der Waals surface area (Å²) >= 11 is 1.50. The molecule has 5 rings (SSSR count). The highest BCUT2D eigenvalue weighted by Crippen LogP contribution is 2.36. The molecule has 2 aromatic carbocycles. The zero-order valence-electron chi connectivity index (χ0n) is 18.0. The topological polar surface area (TPSA) is 72.3 Å². The molecule has 6 nitrogen and oxygen atoms in total. The van der Waals surface area contributed by atoms with Gasteiger partial charge in [0.15, 0.2) is 0 Å². The number of imide groups is 1. The van der Waals surface area contributed by atoms with Crippen LogP contribution in [0.25, 0.3) is 21.3 Å². The van der Waals surface area contributed by atoms with Crippen molar-refractivity contribution in [2.45, 2.75) is 27.3 Å². The maximum Gasteiger partial charge on any atom is 0.262 e. The van der Waals surface area contributed by atoms with E-state index in [2.05, 4.69) is 31.0 Å². The van der Waals surface area contributed by atoms with Gasteiger partial charge in [0.05, 0.1) is 22.8 Å². The summed E-state index contributed by atoms with van der Waals surface area (Å²) in [5, 5.41) is 0.584. The second-order valence-electron chi connectivity index (χ2n) is 8.06. The van der Waals surface area contributed by atoms with Crippen molar-refractivity contribution in [2.75, 3.05) is 6.54 Å². The van der Waals surface area contributed by atoms with Gasteiger partial charge < -0.3 is 0 Å². The van der Waals surface area contributed by atoms with Gasteiger partial charge in [-0.1, -0.05) is 30.3 Å². The fourth-order valence-corrected chi connectivity index (χ4v) is 5.19. The third kappa shape index (κ3) is 3.08. The van der Waals surface area contributed by atoms with Crippen molar-refractivity contribution in [2.24, 2.45) is 0 Å². The van der Waals surface area contributed by atoms with Crippen molar-refractivity contribution >= 4 is 33.4 Å². The molecule has 2 amide bonds. The van der Waals surface area contributed by atoms with E-state index in [1.807, 2.05) is 13.0 Å². The molecule has 4 aromatic rings. The second-order valence-corrected chi connectivity index (χ2v) is 9.27. The highest BCUT2D eigenvalue weighted by Gasteiger charge is 2.34. The van der Waals surface area contributed by atoms with E-state index in [0.29, 0.717) is 21.3 Å². The van der Waals surface area contributed by atoms with Crippen LogP contribution in [0.4, 0.5) is 0 Å². The average molecular weight is 444 g/mol. The maximum atomic E-state index is 13.4. The molecule has 3 heterocycles. The summed E-state index contributed by atoms with van der Waals surface area (Å²) in [7, 11) is 0. The van der Waals surface area contributed by atoms with Gasteiger partial charge >= 0.3 is 0 Å². The van der Waals surface area contributed by atoms with E-state index in [-0.39, 0.29) is 30.5 Å². The van der Waals surface area contributed by atoms with Crippen LogP contribution in [0, 0.1) is 20.8 Å². The number of carbonyl (C=O) groups is 2. The zero-order chi connectivity index (χ0) is 22.6. The van der Waals surface area contributed by atoms with Crippen LogP contribution in [0.1, 0.15) is 36.7 Å². The lowest BCUT2D eigenvalue weighted by atomic mass is 9.99. The van der Waals surface area contributed by atoms with Crippen LogP contribution in [0.2, 0.25) is 0 Å². The highest BCUT2D eigenvalue weighted by atomic mass is 32.1. The molecule has 7 heteroatoms. The van der Waals surface area contributed by atoms with Crippen LogP contribution in [0.3, 0.4) is 0 Å². The summed E-state index contributed by atoms with van der Waals surface area (Å²) in [5.74, 6) is -0.648. The van der Waals surface area contributed by atoms with E-state index < -0.39 is 0 Å². The van der Waals surface area contributed by atoms with Crippen LogP contribution in [-0.4, -0.2) is 32.8 Å². The van der Waals surface area contributed by atoms with Crippen molar-refractivity contribution in [1.29, 1.82) is 0 Å². The van der Waals surface area contributed by atoms with Gasteiger partial charge in [-0.25, -0.2) is 4.98 Å². The Labute approximate surface area is 188 Å². The predicted octanol–water partition coefficient (Wildman–Crippen LogP) is 4.35. The highest BCUT2D eigenvalue weighted by molar-refractivity contribution is 7.19. The molecule has 0 saturated carbocycles. The fraction of sp³-hybridized carbons (Fsp3) is 0.200. The first-order chi connectivity index (χ1) is 15.4. The third-order valence-corrected chi connectivity index (χ3v) is 7.11. The third-order valence-electron chi connectivity index (χ3n) is 6.09. The Kier molecular flexibility index (Phi) is 4.78. The number of amides is 2. The van der Waals surface area contributed by atoms with Gasteiger partial charge in [-0.2, -0.15) is 0 Å². The smallest absolute Gasteiger partial charge is 0.262 e. The lowest BCUT2D eigenvalue weighted by Crippen LogP contribution is -2.35. The molecule has 1 aliphatic heterocycles. The van der Waals surface area contributed by atoms with Crippen molar-refractivity contribution in [1.82, 2.24) is 14.5 Å². The normalized spacial score (nSPS) is 13.3. The van der Waals surface area contributed by atoms with E-state index in [1.54, 1.807) is 24.3 Å². The first kappa shape index (κ1) is 20.3. The molecule has 0 fully saturated rings. The minimum Gasteiger partial charge on any atom is -0.297 e. The summed E-state index contributed by atoms with van der Waals surface area (Å²) in [4.78, 5) is 46.1. The van der Waals surface area contributed by atoms with Crippen molar-refractivity contribution < 1.29 is 9.59 Å². The number of benzene rings is 2. The van der Waals surface area contributed by atoms with E-state index >= 15 is 0 Å². The quantitative estimate of drug-likeness (QED) is 0.440. The van der Waals surface area contributed by atoms with Crippen LogP contribution in [-0.2, 0) is 6.54 Å². The molecular weight excluding hydrogens is 422 g/mol. The van der Waals surface area contributed by atoms with Crippen LogP contribution in [0.5, 0.6) is 0 Å². The van der Waals surface area contributed by atoms with E-state index in [1.165, 1.54) is 32.7 Å². The molecule has 0 N–H and O–H groups in total. The number of carbonyl (C=O) groups excluding carboxylic acids is 2. The van der Waals surface area contributed by atoms with Gasteiger partial charge in [-0.05, 0) is 49.6 Å². The van der Waals surface area contributed by atoms with Gasteiger partial charge in [-0.15, -0.1) is 11.3 Å². The average Bonchev–Trinajstić information content (AvgIpc) is 3.24. The van der Waals surface area contributed by atoms with Crippen LogP contribution < -0.4 is 5.56 Å². The van der Waals surface area contributed by atoms with Gasteiger partial charge in [0.2, 0.25) is 0 Å². The van der Waals surface area contributed by atoms with Crippen LogP contribution >= 0.6 is 11.3 Å². The van der Waals surface area contributed by atoms with Crippen molar-refractivity contribution in [3.8, 4) is 11.1 Å². The van der Waals surface area contributed by atoms with Crippen molar-refractivity contribution in [3.05, 3.63) is 86.3 Å². The molecule has 1 aliphatic rings. The number of nitrogens with zero attached hydrogens (tertiary/aromatic N) is 3. The molecule has 0 radical (unpaired) electrons. The number of hydrogen-bond donors (Lipinski definition) is 0. The summed E-state index contributed by atoms with van der Waals surface area (Å²) in [6.07, 6.45) is 1.50. The SMILES string of the molecule is Cc1ccc(-c2c(C)sc3ncn(CCN4C(=O)c5ccccc5C4=O)c(=O)c23)cc1C. The van der Waals surface area contributed by atoms with Gasteiger partial charge in [0, 0.05) is 23.5 Å². The Morgan fingerprint density at radius 1 is 0.875 bits per heavy atom. The standard InChI is InChI=1S/C25H21N3O3S/c1-14-8-9-17(12-15(14)2)20-16(3)32-22-21(20)25(31)27(13-26-22)10-11-28-23(29)18-6-4-5-7-19(18)24(28)30/h4-9,12-13H,10-11H2,1-3H3. The summed E-state index contributed by atoms with van der Waals surface area (Å²) in [5.41, 5.74) is 4.91. The summed E-state index contributed by atoms with van der Waals surface area (Å²) in [6.45, 7) is 6.42. The number of aryl methyl sites for hydroxylation is 3. The Balaban J connectivity index is 1.51. The molecule has 32 heavy (non-hydrogen) atoms. The van der Waals surface area contributed by atoms with Gasteiger partial charge in [0.25, 0.3) is 17.4 Å². The van der Waals surface area contributed by atoms with Crippen LogP contribution in [0.15, 0.2) is 53.6 Å². The van der Waals surface area contributed by atoms with Crippen molar-refractivity contribution in [3.63, 3.8) is 0 Å². The molecule has 0 bridgehead atoms.